The summed E-state index contributed by atoms with van der Waals surface area (Å²) in [6.45, 7) is 3.85. The fraction of sp³-hybridized carbons (Fsp3) is 0.188. The molecule has 0 amide bonds. The molecule has 0 saturated heterocycles. The molecule has 0 radical (unpaired) electrons. The number of pyridine rings is 1. The van der Waals surface area contributed by atoms with E-state index < -0.39 is 0 Å². The van der Waals surface area contributed by atoms with E-state index in [-0.39, 0.29) is 17.0 Å². The Labute approximate surface area is 135 Å². The van der Waals surface area contributed by atoms with E-state index in [0.29, 0.717) is 33.7 Å². The predicted molar refractivity (Wildman–Crippen MR) is 86.7 cm³/mol. The first-order valence-corrected chi connectivity index (χ1v) is 7.39. The van der Waals surface area contributed by atoms with E-state index in [1.807, 2.05) is 13.8 Å². The quantitative estimate of drug-likeness (QED) is 0.576. The van der Waals surface area contributed by atoms with Gasteiger partial charge in [-0.05, 0) is 43.3 Å². The van der Waals surface area contributed by atoms with Crippen molar-refractivity contribution in [2.45, 2.75) is 20.0 Å². The van der Waals surface area contributed by atoms with E-state index in [0.717, 1.165) is 0 Å². The van der Waals surface area contributed by atoms with Crippen LogP contribution in [0, 0.1) is 0 Å². The zero-order chi connectivity index (χ0) is 16.7. The monoisotopic (exact) mass is 323 g/mol. The number of rotatable bonds is 3. The molecule has 0 spiro atoms. The van der Waals surface area contributed by atoms with Gasteiger partial charge in [0.15, 0.2) is 11.1 Å². The van der Waals surface area contributed by atoms with Crippen LogP contribution in [0.3, 0.4) is 0 Å². The first kappa shape index (κ1) is 14.3. The molecule has 0 bridgehead atoms. The summed E-state index contributed by atoms with van der Waals surface area (Å²) in [5.74, 6) is 1.00. The van der Waals surface area contributed by atoms with E-state index in [4.69, 9.17) is 9.15 Å². The Morgan fingerprint density at radius 3 is 2.83 bits per heavy atom. The number of aromatic nitrogens is 5. The lowest BCUT2D eigenvalue weighted by atomic mass is 10.1. The van der Waals surface area contributed by atoms with Crippen LogP contribution in [0.5, 0.6) is 5.75 Å². The number of fused-ring (bicyclic) bond motifs is 2. The van der Waals surface area contributed by atoms with Crippen LogP contribution in [-0.4, -0.2) is 31.7 Å². The van der Waals surface area contributed by atoms with E-state index in [1.165, 1.54) is 6.20 Å². The third kappa shape index (κ3) is 2.37. The van der Waals surface area contributed by atoms with Gasteiger partial charge in [-0.25, -0.2) is 4.98 Å². The molecule has 0 atom stereocenters. The number of benzene rings is 1. The van der Waals surface area contributed by atoms with Crippen molar-refractivity contribution in [2.24, 2.45) is 0 Å². The maximum atomic E-state index is 12.7. The lowest BCUT2D eigenvalue weighted by Crippen LogP contribution is -2.07. The third-order valence-electron chi connectivity index (χ3n) is 3.46. The molecule has 0 saturated carbocycles. The number of H-pyrrole nitrogens is 1. The zero-order valence-corrected chi connectivity index (χ0v) is 13.0. The number of aromatic amines is 1. The van der Waals surface area contributed by atoms with Crippen LogP contribution < -0.4 is 10.2 Å². The highest BCUT2D eigenvalue weighted by atomic mass is 16.5. The Hall–Kier alpha value is -3.29. The lowest BCUT2D eigenvalue weighted by Gasteiger charge is -2.10. The summed E-state index contributed by atoms with van der Waals surface area (Å²) in [4.78, 5) is 16.9. The van der Waals surface area contributed by atoms with Crippen LogP contribution in [-0.2, 0) is 0 Å². The van der Waals surface area contributed by atoms with Gasteiger partial charge in [0.1, 0.15) is 11.3 Å². The lowest BCUT2D eigenvalue weighted by molar-refractivity contribution is 0.242. The summed E-state index contributed by atoms with van der Waals surface area (Å²) >= 11 is 0. The largest absolute Gasteiger partial charge is 0.491 e. The molecular weight excluding hydrogens is 310 g/mol. The second kappa shape index (κ2) is 5.41. The molecule has 3 heterocycles. The van der Waals surface area contributed by atoms with Crippen molar-refractivity contribution in [1.29, 1.82) is 0 Å². The highest BCUT2D eigenvalue weighted by molar-refractivity contribution is 5.89. The Balaban J connectivity index is 1.92. The fourth-order valence-electron chi connectivity index (χ4n) is 2.47. The van der Waals surface area contributed by atoms with Crippen LogP contribution >= 0.6 is 0 Å². The van der Waals surface area contributed by atoms with Gasteiger partial charge >= 0.3 is 0 Å². The summed E-state index contributed by atoms with van der Waals surface area (Å²) < 4.78 is 11.5. The van der Waals surface area contributed by atoms with Crippen molar-refractivity contribution in [2.75, 3.05) is 0 Å². The molecule has 0 unspecified atom stereocenters. The Morgan fingerprint density at radius 1 is 1.21 bits per heavy atom. The van der Waals surface area contributed by atoms with Crippen molar-refractivity contribution in [3.63, 3.8) is 0 Å². The second-order valence-corrected chi connectivity index (χ2v) is 5.56. The molecule has 0 fully saturated rings. The van der Waals surface area contributed by atoms with Crippen molar-refractivity contribution in [3.05, 3.63) is 40.7 Å². The fourth-order valence-corrected chi connectivity index (χ4v) is 2.47. The molecule has 0 aliphatic carbocycles. The molecule has 120 valence electrons. The summed E-state index contributed by atoms with van der Waals surface area (Å²) in [6.07, 6.45) is 1.54. The predicted octanol–water partition coefficient (Wildman–Crippen LogP) is 2.31. The summed E-state index contributed by atoms with van der Waals surface area (Å²) in [6, 6.07) is 6.84. The van der Waals surface area contributed by atoms with Gasteiger partial charge in [0.05, 0.1) is 11.5 Å². The third-order valence-corrected chi connectivity index (χ3v) is 3.46. The minimum absolute atomic E-state index is 0.0191. The zero-order valence-electron chi connectivity index (χ0n) is 13.0. The van der Waals surface area contributed by atoms with Crippen LogP contribution in [0.15, 0.2) is 39.7 Å². The maximum absolute atomic E-state index is 12.7. The number of tetrazole rings is 1. The van der Waals surface area contributed by atoms with Crippen molar-refractivity contribution in [3.8, 4) is 17.1 Å². The Morgan fingerprint density at radius 2 is 2.08 bits per heavy atom. The van der Waals surface area contributed by atoms with Crippen LogP contribution in [0.1, 0.15) is 13.8 Å². The highest BCUT2D eigenvalue weighted by Crippen LogP contribution is 2.24. The number of hydrogen-bond donors (Lipinski definition) is 1. The van der Waals surface area contributed by atoms with Crippen molar-refractivity contribution >= 4 is 22.1 Å². The van der Waals surface area contributed by atoms with E-state index in [2.05, 4.69) is 25.6 Å². The van der Waals surface area contributed by atoms with E-state index >= 15 is 0 Å². The van der Waals surface area contributed by atoms with Gasteiger partial charge in [-0.1, -0.05) is 0 Å². The van der Waals surface area contributed by atoms with Crippen molar-refractivity contribution < 1.29 is 9.15 Å². The topological polar surface area (TPSA) is 107 Å². The minimum Gasteiger partial charge on any atom is -0.491 e. The molecule has 0 aliphatic rings. The second-order valence-electron chi connectivity index (χ2n) is 5.56. The molecule has 8 nitrogen and oxygen atoms in total. The van der Waals surface area contributed by atoms with Crippen LogP contribution in [0.25, 0.3) is 33.5 Å². The van der Waals surface area contributed by atoms with Gasteiger partial charge in [-0.3, -0.25) is 4.79 Å². The average molecular weight is 323 g/mol. The molecule has 0 aliphatic heterocycles. The first-order chi connectivity index (χ1) is 11.6. The smallest absolute Gasteiger partial charge is 0.219 e. The molecule has 4 aromatic rings. The van der Waals surface area contributed by atoms with Gasteiger partial charge in [0.25, 0.3) is 0 Å². The highest BCUT2D eigenvalue weighted by Gasteiger charge is 2.13. The number of hydrogen-bond acceptors (Lipinski definition) is 7. The van der Waals surface area contributed by atoms with Gasteiger partial charge in [-0.2, -0.15) is 5.21 Å². The molecule has 1 N–H and O–H groups in total. The molecule has 4 rings (SSSR count). The van der Waals surface area contributed by atoms with E-state index in [9.17, 15) is 4.79 Å². The van der Waals surface area contributed by atoms with Crippen LogP contribution in [0.2, 0.25) is 0 Å². The van der Waals surface area contributed by atoms with Gasteiger partial charge < -0.3 is 9.15 Å². The van der Waals surface area contributed by atoms with Crippen molar-refractivity contribution in [1.82, 2.24) is 25.6 Å². The summed E-state index contributed by atoms with van der Waals surface area (Å²) in [7, 11) is 0. The van der Waals surface area contributed by atoms with Gasteiger partial charge in [-0.15, -0.1) is 10.2 Å². The number of nitrogens with zero attached hydrogens (tertiary/aromatic N) is 4. The standard InChI is InChI=1S/C16H13N5O3/c1-8(2)23-10-3-4-12-11(6-10)15(22)14-13(24-12)5-9(7-17-14)16-18-20-21-19-16/h3-8H,1-2H3,(H,18,19,20,21). The molecule has 3 aromatic heterocycles. The Bertz CT molecular complexity index is 1090. The van der Waals surface area contributed by atoms with Gasteiger partial charge in [0, 0.05) is 11.8 Å². The first-order valence-electron chi connectivity index (χ1n) is 7.39. The molecule has 8 heteroatoms. The van der Waals surface area contributed by atoms with E-state index in [1.54, 1.807) is 24.3 Å². The number of ether oxygens (including phenoxy) is 1. The SMILES string of the molecule is CC(C)Oc1ccc2oc3cc(-c4nn[nH]n4)cnc3c(=O)c2c1. The maximum Gasteiger partial charge on any atom is 0.219 e. The molecule has 1 aromatic carbocycles. The number of nitrogens with one attached hydrogen (secondary N) is 1. The summed E-state index contributed by atoms with van der Waals surface area (Å²) in [5.41, 5.74) is 1.48. The van der Waals surface area contributed by atoms with Crippen LogP contribution in [0.4, 0.5) is 0 Å². The molecule has 24 heavy (non-hydrogen) atoms. The molecular formula is C16H13N5O3. The minimum atomic E-state index is -0.208. The normalized spacial score (nSPS) is 11.5. The Kier molecular flexibility index (Phi) is 3.23. The summed E-state index contributed by atoms with van der Waals surface area (Å²) in [5, 5.41) is 14.1. The average Bonchev–Trinajstić information content (AvgIpc) is 3.09. The van der Waals surface area contributed by atoms with Gasteiger partial charge in [0.2, 0.25) is 11.3 Å².